The second kappa shape index (κ2) is 7.29. The van der Waals surface area contributed by atoms with Gasteiger partial charge in [0.05, 0.1) is 0 Å². The van der Waals surface area contributed by atoms with E-state index in [0.29, 0.717) is 5.56 Å². The SMILES string of the molecule is C=CCN(CC)c1cccc(NC(=O)c2ccccc2)c1. The predicted molar refractivity (Wildman–Crippen MR) is 88.9 cm³/mol. The fraction of sp³-hybridized carbons (Fsp3) is 0.167. The Labute approximate surface area is 125 Å². The summed E-state index contributed by atoms with van der Waals surface area (Å²) < 4.78 is 0. The number of rotatable bonds is 6. The highest BCUT2D eigenvalue weighted by Gasteiger charge is 2.07. The van der Waals surface area contributed by atoms with Crippen molar-refractivity contribution in [2.45, 2.75) is 6.92 Å². The van der Waals surface area contributed by atoms with E-state index in [1.165, 1.54) is 0 Å². The molecule has 21 heavy (non-hydrogen) atoms. The van der Waals surface area contributed by atoms with Gasteiger partial charge in [-0.1, -0.05) is 30.3 Å². The highest BCUT2D eigenvalue weighted by molar-refractivity contribution is 6.04. The summed E-state index contributed by atoms with van der Waals surface area (Å²) in [5, 5.41) is 2.93. The summed E-state index contributed by atoms with van der Waals surface area (Å²) in [7, 11) is 0. The van der Waals surface area contributed by atoms with Crippen LogP contribution in [0.1, 0.15) is 17.3 Å². The molecule has 0 atom stereocenters. The first-order chi connectivity index (χ1) is 10.2. The normalized spacial score (nSPS) is 9.95. The monoisotopic (exact) mass is 280 g/mol. The highest BCUT2D eigenvalue weighted by Crippen LogP contribution is 2.20. The summed E-state index contributed by atoms with van der Waals surface area (Å²) in [6.07, 6.45) is 1.87. The first kappa shape index (κ1) is 14.9. The molecule has 108 valence electrons. The van der Waals surface area contributed by atoms with Crippen molar-refractivity contribution >= 4 is 17.3 Å². The Morgan fingerprint density at radius 2 is 1.95 bits per heavy atom. The average Bonchev–Trinajstić information content (AvgIpc) is 2.53. The van der Waals surface area contributed by atoms with Gasteiger partial charge in [0.2, 0.25) is 0 Å². The second-order valence-corrected chi connectivity index (χ2v) is 4.70. The molecule has 0 heterocycles. The molecule has 0 saturated carbocycles. The maximum atomic E-state index is 12.1. The van der Waals surface area contributed by atoms with E-state index in [9.17, 15) is 4.79 Å². The lowest BCUT2D eigenvalue weighted by Gasteiger charge is -2.22. The molecule has 3 nitrogen and oxygen atoms in total. The lowest BCUT2D eigenvalue weighted by molar-refractivity contribution is 0.102. The predicted octanol–water partition coefficient (Wildman–Crippen LogP) is 3.95. The van der Waals surface area contributed by atoms with Gasteiger partial charge in [-0.05, 0) is 37.3 Å². The molecule has 0 saturated heterocycles. The van der Waals surface area contributed by atoms with E-state index in [2.05, 4.69) is 23.7 Å². The Balaban J connectivity index is 2.14. The molecule has 1 N–H and O–H groups in total. The number of carbonyl (C=O) groups is 1. The minimum Gasteiger partial charge on any atom is -0.368 e. The number of hydrogen-bond donors (Lipinski definition) is 1. The maximum Gasteiger partial charge on any atom is 0.255 e. The number of amides is 1. The Morgan fingerprint density at radius 1 is 1.19 bits per heavy atom. The first-order valence-electron chi connectivity index (χ1n) is 7.07. The summed E-state index contributed by atoms with van der Waals surface area (Å²) in [5.74, 6) is -0.0977. The van der Waals surface area contributed by atoms with Gasteiger partial charge in [-0.25, -0.2) is 0 Å². The van der Waals surface area contributed by atoms with E-state index in [-0.39, 0.29) is 5.91 Å². The Bertz CT molecular complexity index is 608. The standard InChI is InChI=1S/C18H20N2O/c1-3-13-20(4-2)17-12-8-11-16(14-17)19-18(21)15-9-6-5-7-10-15/h3,5-12,14H,1,4,13H2,2H3,(H,19,21). The van der Waals surface area contributed by atoms with Gasteiger partial charge >= 0.3 is 0 Å². The van der Waals surface area contributed by atoms with Crippen LogP contribution in [0.2, 0.25) is 0 Å². The quantitative estimate of drug-likeness (QED) is 0.813. The summed E-state index contributed by atoms with van der Waals surface area (Å²) in [6.45, 7) is 7.54. The number of likely N-dealkylation sites (N-methyl/N-ethyl adjacent to an activating group) is 1. The molecule has 3 heteroatoms. The third-order valence-electron chi connectivity index (χ3n) is 3.24. The van der Waals surface area contributed by atoms with Crippen molar-refractivity contribution in [3.8, 4) is 0 Å². The van der Waals surface area contributed by atoms with E-state index in [0.717, 1.165) is 24.5 Å². The Kier molecular flexibility index (Phi) is 5.16. The molecule has 0 bridgehead atoms. The van der Waals surface area contributed by atoms with Crippen molar-refractivity contribution in [3.63, 3.8) is 0 Å². The van der Waals surface area contributed by atoms with Gasteiger partial charge in [-0.2, -0.15) is 0 Å². The largest absolute Gasteiger partial charge is 0.368 e. The fourth-order valence-corrected chi connectivity index (χ4v) is 2.15. The molecule has 1 amide bonds. The number of nitrogens with zero attached hydrogens (tertiary/aromatic N) is 1. The molecule has 2 rings (SSSR count). The smallest absolute Gasteiger partial charge is 0.255 e. The van der Waals surface area contributed by atoms with Crippen LogP contribution in [0.3, 0.4) is 0 Å². The Morgan fingerprint density at radius 3 is 2.62 bits per heavy atom. The molecule has 0 radical (unpaired) electrons. The van der Waals surface area contributed by atoms with E-state index in [4.69, 9.17) is 0 Å². The molecule has 0 aliphatic heterocycles. The first-order valence-corrected chi connectivity index (χ1v) is 7.07. The van der Waals surface area contributed by atoms with Crippen LogP contribution in [0.25, 0.3) is 0 Å². The van der Waals surface area contributed by atoms with E-state index >= 15 is 0 Å². The molecular formula is C18H20N2O. The van der Waals surface area contributed by atoms with Crippen LogP contribution in [0, 0.1) is 0 Å². The summed E-state index contributed by atoms with van der Waals surface area (Å²) in [6, 6.07) is 17.1. The summed E-state index contributed by atoms with van der Waals surface area (Å²) in [4.78, 5) is 14.3. The van der Waals surface area contributed by atoms with Crippen LogP contribution >= 0.6 is 0 Å². The van der Waals surface area contributed by atoms with Crippen LogP contribution in [0.5, 0.6) is 0 Å². The maximum absolute atomic E-state index is 12.1. The minimum atomic E-state index is -0.0977. The molecule has 0 aliphatic carbocycles. The third kappa shape index (κ3) is 3.96. The topological polar surface area (TPSA) is 32.3 Å². The molecule has 0 aliphatic rings. The number of carbonyl (C=O) groups excluding carboxylic acids is 1. The lowest BCUT2D eigenvalue weighted by atomic mass is 10.2. The zero-order chi connectivity index (χ0) is 15.1. The van der Waals surface area contributed by atoms with E-state index in [1.54, 1.807) is 12.1 Å². The number of hydrogen-bond acceptors (Lipinski definition) is 2. The highest BCUT2D eigenvalue weighted by atomic mass is 16.1. The van der Waals surface area contributed by atoms with Crippen LogP contribution in [-0.2, 0) is 0 Å². The number of anilines is 2. The van der Waals surface area contributed by atoms with Gasteiger partial charge in [0, 0.05) is 30.0 Å². The molecule has 2 aromatic carbocycles. The fourth-order valence-electron chi connectivity index (χ4n) is 2.15. The van der Waals surface area contributed by atoms with E-state index in [1.807, 2.05) is 48.5 Å². The van der Waals surface area contributed by atoms with Crippen LogP contribution < -0.4 is 10.2 Å². The average molecular weight is 280 g/mol. The summed E-state index contributed by atoms with van der Waals surface area (Å²) in [5.41, 5.74) is 2.52. The second-order valence-electron chi connectivity index (χ2n) is 4.70. The molecule has 2 aromatic rings. The van der Waals surface area contributed by atoms with Crippen molar-refractivity contribution in [2.24, 2.45) is 0 Å². The van der Waals surface area contributed by atoms with Crippen molar-refractivity contribution in [3.05, 3.63) is 72.8 Å². The van der Waals surface area contributed by atoms with Crippen LogP contribution in [-0.4, -0.2) is 19.0 Å². The van der Waals surface area contributed by atoms with Gasteiger partial charge in [0.25, 0.3) is 5.91 Å². The molecule has 0 spiro atoms. The van der Waals surface area contributed by atoms with Crippen molar-refractivity contribution in [2.75, 3.05) is 23.3 Å². The van der Waals surface area contributed by atoms with Gasteiger partial charge in [-0.3, -0.25) is 4.79 Å². The molecule has 0 aromatic heterocycles. The molecule has 0 fully saturated rings. The van der Waals surface area contributed by atoms with Gasteiger partial charge in [0.15, 0.2) is 0 Å². The lowest BCUT2D eigenvalue weighted by Crippen LogP contribution is -2.22. The van der Waals surface area contributed by atoms with Gasteiger partial charge in [0.1, 0.15) is 0 Å². The van der Waals surface area contributed by atoms with Crippen molar-refractivity contribution in [1.29, 1.82) is 0 Å². The van der Waals surface area contributed by atoms with Crippen molar-refractivity contribution < 1.29 is 4.79 Å². The number of nitrogens with one attached hydrogen (secondary N) is 1. The zero-order valence-electron chi connectivity index (χ0n) is 12.3. The summed E-state index contributed by atoms with van der Waals surface area (Å²) >= 11 is 0. The van der Waals surface area contributed by atoms with Gasteiger partial charge < -0.3 is 10.2 Å². The van der Waals surface area contributed by atoms with Gasteiger partial charge in [-0.15, -0.1) is 6.58 Å². The Hall–Kier alpha value is -2.55. The molecule has 0 unspecified atom stereocenters. The minimum absolute atomic E-state index is 0.0977. The van der Waals surface area contributed by atoms with Crippen LogP contribution in [0.4, 0.5) is 11.4 Å². The zero-order valence-corrected chi connectivity index (χ0v) is 12.3. The van der Waals surface area contributed by atoms with E-state index < -0.39 is 0 Å². The number of benzene rings is 2. The molecular weight excluding hydrogens is 260 g/mol. The third-order valence-corrected chi connectivity index (χ3v) is 3.24. The van der Waals surface area contributed by atoms with Crippen LogP contribution in [0.15, 0.2) is 67.3 Å². The van der Waals surface area contributed by atoms with Crippen molar-refractivity contribution in [1.82, 2.24) is 0 Å².